The third kappa shape index (κ3) is 2.47. The molecule has 0 spiro atoms. The number of benzene rings is 1. The summed E-state index contributed by atoms with van der Waals surface area (Å²) in [4.78, 5) is 0. The van der Waals surface area contributed by atoms with Crippen LogP contribution < -0.4 is 5.32 Å². The quantitative estimate of drug-likeness (QED) is 0.891. The van der Waals surface area contributed by atoms with Gasteiger partial charge in [-0.25, -0.2) is 0 Å². The Morgan fingerprint density at radius 1 is 1.56 bits per heavy atom. The summed E-state index contributed by atoms with van der Waals surface area (Å²) in [5.74, 6) is 0. The molecule has 0 fully saturated rings. The maximum atomic E-state index is 8.90. The molecule has 3 heteroatoms. The van der Waals surface area contributed by atoms with Crippen molar-refractivity contribution in [3.63, 3.8) is 0 Å². The van der Waals surface area contributed by atoms with E-state index in [1.165, 1.54) is 15.6 Å². The molecule has 1 aromatic rings. The third-order valence-electron chi connectivity index (χ3n) is 3.26. The van der Waals surface area contributed by atoms with Gasteiger partial charge in [0.1, 0.15) is 0 Å². The first kappa shape index (κ1) is 12.1. The summed E-state index contributed by atoms with van der Waals surface area (Å²) in [6.45, 7) is 2.39. The van der Waals surface area contributed by atoms with Crippen LogP contribution in [0.15, 0.2) is 22.7 Å². The van der Waals surface area contributed by atoms with Crippen LogP contribution in [-0.4, -0.2) is 17.8 Å². The van der Waals surface area contributed by atoms with Crippen molar-refractivity contribution in [1.29, 1.82) is 0 Å². The van der Waals surface area contributed by atoms with Crippen molar-refractivity contribution in [2.24, 2.45) is 0 Å². The van der Waals surface area contributed by atoms with Crippen LogP contribution in [0.1, 0.15) is 36.9 Å². The van der Waals surface area contributed by atoms with Gasteiger partial charge >= 0.3 is 0 Å². The Hall–Kier alpha value is -0.380. The lowest BCUT2D eigenvalue weighted by molar-refractivity contribution is 0.263. The Labute approximate surface area is 105 Å². The molecule has 0 saturated heterocycles. The molecule has 2 rings (SSSR count). The molecule has 1 aromatic carbocycles. The maximum absolute atomic E-state index is 8.90. The number of fused-ring (bicyclic) bond motifs is 1. The summed E-state index contributed by atoms with van der Waals surface area (Å²) in [6, 6.07) is 7.24. The highest BCUT2D eigenvalue weighted by Crippen LogP contribution is 2.35. The molecular formula is C13H18BrNO. The molecule has 2 unspecified atom stereocenters. The number of aliphatic hydroxyl groups is 1. The first-order valence-corrected chi connectivity index (χ1v) is 6.66. The van der Waals surface area contributed by atoms with E-state index in [4.69, 9.17) is 5.11 Å². The molecule has 0 aliphatic heterocycles. The summed E-state index contributed by atoms with van der Waals surface area (Å²) >= 11 is 3.60. The molecule has 0 amide bonds. The van der Waals surface area contributed by atoms with Crippen LogP contribution in [0.2, 0.25) is 0 Å². The highest BCUT2D eigenvalue weighted by atomic mass is 79.9. The van der Waals surface area contributed by atoms with Gasteiger partial charge in [0.2, 0.25) is 0 Å². The summed E-state index contributed by atoms with van der Waals surface area (Å²) in [6.07, 6.45) is 3.12. The number of hydrogen-bond donors (Lipinski definition) is 2. The first-order valence-electron chi connectivity index (χ1n) is 5.86. The number of aliphatic hydroxyl groups excluding tert-OH is 1. The zero-order valence-electron chi connectivity index (χ0n) is 9.54. The van der Waals surface area contributed by atoms with Crippen LogP contribution in [-0.2, 0) is 6.42 Å². The van der Waals surface area contributed by atoms with Crippen LogP contribution in [0.5, 0.6) is 0 Å². The zero-order valence-corrected chi connectivity index (χ0v) is 11.1. The molecule has 0 saturated carbocycles. The Balaban J connectivity index is 2.09. The van der Waals surface area contributed by atoms with Gasteiger partial charge in [-0.05, 0) is 43.4 Å². The largest absolute Gasteiger partial charge is 0.396 e. The van der Waals surface area contributed by atoms with E-state index in [0.717, 1.165) is 19.3 Å². The van der Waals surface area contributed by atoms with Gasteiger partial charge in [-0.2, -0.15) is 0 Å². The van der Waals surface area contributed by atoms with Crippen LogP contribution in [0, 0.1) is 0 Å². The molecule has 0 aromatic heterocycles. The summed E-state index contributed by atoms with van der Waals surface area (Å²) < 4.78 is 1.23. The maximum Gasteiger partial charge on any atom is 0.0445 e. The van der Waals surface area contributed by atoms with Gasteiger partial charge in [0.05, 0.1) is 0 Å². The monoisotopic (exact) mass is 283 g/mol. The summed E-state index contributed by atoms with van der Waals surface area (Å²) in [5, 5.41) is 12.5. The van der Waals surface area contributed by atoms with Crippen LogP contribution in [0.4, 0.5) is 0 Å². The molecule has 88 valence electrons. The molecule has 0 radical (unpaired) electrons. The highest BCUT2D eigenvalue weighted by molar-refractivity contribution is 9.10. The van der Waals surface area contributed by atoms with E-state index in [9.17, 15) is 0 Å². The van der Waals surface area contributed by atoms with Crippen molar-refractivity contribution < 1.29 is 5.11 Å². The second-order valence-electron chi connectivity index (χ2n) is 4.48. The molecular weight excluding hydrogens is 266 g/mol. The second kappa shape index (κ2) is 5.30. The fourth-order valence-electron chi connectivity index (χ4n) is 2.40. The van der Waals surface area contributed by atoms with Crippen LogP contribution in [0.3, 0.4) is 0 Å². The Kier molecular flexibility index (Phi) is 4.00. The highest BCUT2D eigenvalue weighted by Gasteiger charge is 2.24. The Morgan fingerprint density at radius 3 is 3.12 bits per heavy atom. The average molecular weight is 284 g/mol. The Bertz CT molecular complexity index is 367. The van der Waals surface area contributed by atoms with Crippen molar-refractivity contribution in [3.05, 3.63) is 33.8 Å². The fourth-order valence-corrected chi connectivity index (χ4v) is 2.98. The lowest BCUT2D eigenvalue weighted by Crippen LogP contribution is -2.30. The minimum absolute atomic E-state index is 0.256. The lowest BCUT2D eigenvalue weighted by atomic mass is 10.1. The summed E-state index contributed by atoms with van der Waals surface area (Å²) in [5.41, 5.74) is 2.86. The molecule has 0 bridgehead atoms. The van der Waals surface area contributed by atoms with Gasteiger partial charge in [0.15, 0.2) is 0 Å². The fraction of sp³-hybridized carbons (Fsp3) is 0.538. The van der Waals surface area contributed by atoms with Gasteiger partial charge in [-0.1, -0.05) is 28.1 Å². The van der Waals surface area contributed by atoms with Crippen molar-refractivity contribution in [3.8, 4) is 0 Å². The van der Waals surface area contributed by atoms with Gasteiger partial charge < -0.3 is 10.4 Å². The van der Waals surface area contributed by atoms with E-state index in [1.54, 1.807) is 0 Å². The molecule has 2 nitrogen and oxygen atoms in total. The van der Waals surface area contributed by atoms with Gasteiger partial charge in [-0.3, -0.25) is 0 Å². The third-order valence-corrected chi connectivity index (χ3v) is 4.00. The van der Waals surface area contributed by atoms with E-state index < -0.39 is 0 Å². The van der Waals surface area contributed by atoms with Gasteiger partial charge in [0, 0.05) is 23.2 Å². The van der Waals surface area contributed by atoms with Crippen LogP contribution >= 0.6 is 15.9 Å². The Morgan fingerprint density at radius 2 is 2.38 bits per heavy atom. The van der Waals surface area contributed by atoms with Gasteiger partial charge in [-0.15, -0.1) is 0 Å². The van der Waals surface area contributed by atoms with E-state index in [-0.39, 0.29) is 6.61 Å². The smallest absolute Gasteiger partial charge is 0.0445 e. The van der Waals surface area contributed by atoms with E-state index in [0.29, 0.717) is 12.1 Å². The molecule has 2 atom stereocenters. The number of rotatable bonds is 4. The van der Waals surface area contributed by atoms with E-state index in [2.05, 4.69) is 46.4 Å². The molecule has 1 aliphatic rings. The van der Waals surface area contributed by atoms with Crippen molar-refractivity contribution in [1.82, 2.24) is 5.32 Å². The summed E-state index contributed by atoms with van der Waals surface area (Å²) in [7, 11) is 0. The standard InChI is InChI=1S/C13H18BrNO/c1-9(7-8-16)15-13-6-5-10-11(13)3-2-4-12(10)14/h2-4,9,13,15-16H,5-8H2,1H3. The molecule has 1 aliphatic carbocycles. The zero-order chi connectivity index (χ0) is 11.5. The predicted molar refractivity (Wildman–Crippen MR) is 69.5 cm³/mol. The predicted octanol–water partition coefficient (Wildman–Crippen LogP) is 2.80. The number of halogens is 1. The molecule has 2 N–H and O–H groups in total. The molecule has 0 heterocycles. The first-order chi connectivity index (χ1) is 7.72. The lowest BCUT2D eigenvalue weighted by Gasteiger charge is -2.19. The number of hydrogen-bond acceptors (Lipinski definition) is 2. The van der Waals surface area contributed by atoms with Crippen LogP contribution in [0.25, 0.3) is 0 Å². The van der Waals surface area contributed by atoms with Crippen molar-refractivity contribution >= 4 is 15.9 Å². The molecule has 16 heavy (non-hydrogen) atoms. The average Bonchev–Trinajstić information content (AvgIpc) is 2.64. The van der Waals surface area contributed by atoms with Crippen molar-refractivity contribution in [2.45, 2.75) is 38.3 Å². The minimum Gasteiger partial charge on any atom is -0.396 e. The SMILES string of the molecule is CC(CCO)NC1CCc2c(Br)cccc21. The normalized spacial score (nSPS) is 20.8. The van der Waals surface area contributed by atoms with Crippen molar-refractivity contribution in [2.75, 3.05) is 6.61 Å². The minimum atomic E-state index is 0.256. The van der Waals surface area contributed by atoms with E-state index in [1.807, 2.05) is 0 Å². The van der Waals surface area contributed by atoms with Gasteiger partial charge in [0.25, 0.3) is 0 Å². The second-order valence-corrected chi connectivity index (χ2v) is 5.33. The topological polar surface area (TPSA) is 32.3 Å². The van der Waals surface area contributed by atoms with E-state index >= 15 is 0 Å². The number of nitrogens with one attached hydrogen (secondary N) is 1.